The molecule has 1 aromatic carbocycles. The summed E-state index contributed by atoms with van der Waals surface area (Å²) in [5.41, 5.74) is 1.15. The van der Waals surface area contributed by atoms with Gasteiger partial charge in [-0.2, -0.15) is 0 Å². The van der Waals surface area contributed by atoms with Crippen LogP contribution in [-0.2, 0) is 4.74 Å². The van der Waals surface area contributed by atoms with E-state index in [0.717, 1.165) is 61.9 Å². The highest BCUT2D eigenvalue weighted by Crippen LogP contribution is 2.29. The molecule has 25 heavy (non-hydrogen) atoms. The minimum absolute atomic E-state index is 0.175. The van der Waals surface area contributed by atoms with Crippen molar-refractivity contribution in [3.05, 3.63) is 34.9 Å². The molecule has 3 rings (SSSR count). The molecule has 2 aliphatic rings. The number of rotatable bonds is 7. The Morgan fingerprint density at radius 1 is 1.28 bits per heavy atom. The summed E-state index contributed by atoms with van der Waals surface area (Å²) in [6.07, 6.45) is 2.67. The van der Waals surface area contributed by atoms with Crippen LogP contribution in [0.1, 0.15) is 31.4 Å². The van der Waals surface area contributed by atoms with Crippen LogP contribution in [0.15, 0.2) is 29.3 Å². The first kappa shape index (κ1) is 18.5. The zero-order chi connectivity index (χ0) is 17.5. The normalized spacial score (nSPS) is 20.3. The van der Waals surface area contributed by atoms with Crippen LogP contribution in [0.4, 0.5) is 0 Å². The van der Waals surface area contributed by atoms with E-state index in [1.807, 2.05) is 12.1 Å². The second kappa shape index (κ2) is 9.41. The van der Waals surface area contributed by atoms with Crippen LogP contribution in [0.25, 0.3) is 0 Å². The van der Waals surface area contributed by atoms with Crippen molar-refractivity contribution in [2.75, 3.05) is 45.9 Å². The molecule has 1 unspecified atom stereocenters. The van der Waals surface area contributed by atoms with Crippen molar-refractivity contribution in [3.63, 3.8) is 0 Å². The fourth-order valence-corrected chi connectivity index (χ4v) is 3.39. The Kier molecular flexibility index (Phi) is 6.96. The summed E-state index contributed by atoms with van der Waals surface area (Å²) in [7, 11) is 0. The second-order valence-electron chi connectivity index (χ2n) is 6.73. The summed E-state index contributed by atoms with van der Waals surface area (Å²) in [6.45, 7) is 8.03. The zero-order valence-electron chi connectivity index (χ0n) is 15.0. The van der Waals surface area contributed by atoms with Crippen LogP contribution in [0.3, 0.4) is 0 Å². The van der Waals surface area contributed by atoms with Gasteiger partial charge < -0.3 is 15.4 Å². The van der Waals surface area contributed by atoms with Gasteiger partial charge in [-0.15, -0.1) is 0 Å². The molecule has 1 heterocycles. The van der Waals surface area contributed by atoms with Crippen LogP contribution in [-0.4, -0.2) is 56.8 Å². The number of benzene rings is 1. The predicted molar refractivity (Wildman–Crippen MR) is 103 cm³/mol. The molecule has 0 bridgehead atoms. The van der Waals surface area contributed by atoms with Crippen molar-refractivity contribution in [3.8, 4) is 0 Å². The molecule has 1 aliphatic carbocycles. The lowest BCUT2D eigenvalue weighted by Gasteiger charge is -2.34. The van der Waals surface area contributed by atoms with E-state index in [0.29, 0.717) is 6.54 Å². The summed E-state index contributed by atoms with van der Waals surface area (Å²) >= 11 is 6.49. The molecular formula is C19H29ClN4O. The summed E-state index contributed by atoms with van der Waals surface area (Å²) < 4.78 is 5.52. The Balaban J connectivity index is 1.72. The van der Waals surface area contributed by atoms with Gasteiger partial charge in [0.05, 0.1) is 25.8 Å². The number of hydrogen-bond acceptors (Lipinski definition) is 3. The molecule has 0 spiro atoms. The fourth-order valence-electron chi connectivity index (χ4n) is 3.13. The van der Waals surface area contributed by atoms with Gasteiger partial charge in [-0.05, 0) is 37.3 Å². The van der Waals surface area contributed by atoms with Gasteiger partial charge in [-0.3, -0.25) is 9.89 Å². The van der Waals surface area contributed by atoms with Crippen LogP contribution in [0.5, 0.6) is 0 Å². The number of guanidine groups is 1. The van der Waals surface area contributed by atoms with Crippen LogP contribution in [0, 0.1) is 5.92 Å². The smallest absolute Gasteiger partial charge is 0.191 e. The molecule has 5 nitrogen and oxygen atoms in total. The van der Waals surface area contributed by atoms with Gasteiger partial charge in [0.15, 0.2) is 5.96 Å². The quantitative estimate of drug-likeness (QED) is 0.577. The van der Waals surface area contributed by atoms with Crippen molar-refractivity contribution in [2.45, 2.75) is 25.8 Å². The van der Waals surface area contributed by atoms with Crippen molar-refractivity contribution < 1.29 is 4.74 Å². The van der Waals surface area contributed by atoms with Gasteiger partial charge >= 0.3 is 0 Å². The van der Waals surface area contributed by atoms with E-state index in [2.05, 4.69) is 34.6 Å². The molecule has 2 fully saturated rings. The predicted octanol–water partition coefficient (Wildman–Crippen LogP) is 2.68. The Bertz CT molecular complexity index is 570. The zero-order valence-corrected chi connectivity index (χ0v) is 15.8. The van der Waals surface area contributed by atoms with Crippen LogP contribution >= 0.6 is 11.6 Å². The number of aliphatic imine (C=N–C) groups is 1. The highest BCUT2D eigenvalue weighted by Gasteiger charge is 2.25. The number of halogens is 1. The average Bonchev–Trinajstić information content (AvgIpc) is 3.46. The van der Waals surface area contributed by atoms with Gasteiger partial charge in [0.25, 0.3) is 0 Å². The molecule has 2 N–H and O–H groups in total. The minimum atomic E-state index is 0.175. The number of ether oxygens (including phenoxy) is 1. The molecule has 6 heteroatoms. The Morgan fingerprint density at radius 2 is 2.04 bits per heavy atom. The molecule has 1 aliphatic heterocycles. The monoisotopic (exact) mass is 364 g/mol. The summed E-state index contributed by atoms with van der Waals surface area (Å²) in [4.78, 5) is 7.29. The minimum Gasteiger partial charge on any atom is -0.379 e. The molecule has 1 saturated carbocycles. The summed E-state index contributed by atoms with van der Waals surface area (Å²) in [6, 6.07) is 8.28. The SMILES string of the molecule is CCNC(=NCC(c1ccccc1Cl)N1CCOCC1)NCC1CC1. The number of morpholine rings is 1. The average molecular weight is 365 g/mol. The summed E-state index contributed by atoms with van der Waals surface area (Å²) in [5.74, 6) is 1.72. The molecule has 1 aromatic rings. The second-order valence-corrected chi connectivity index (χ2v) is 7.14. The van der Waals surface area contributed by atoms with E-state index in [1.54, 1.807) is 0 Å². The van der Waals surface area contributed by atoms with Gasteiger partial charge in [-0.25, -0.2) is 0 Å². The van der Waals surface area contributed by atoms with E-state index in [9.17, 15) is 0 Å². The van der Waals surface area contributed by atoms with Crippen LogP contribution < -0.4 is 10.6 Å². The van der Waals surface area contributed by atoms with Gasteiger partial charge in [0.1, 0.15) is 0 Å². The van der Waals surface area contributed by atoms with E-state index in [1.165, 1.54) is 12.8 Å². The van der Waals surface area contributed by atoms with Crippen molar-refractivity contribution >= 4 is 17.6 Å². The first-order chi connectivity index (χ1) is 12.3. The molecule has 1 atom stereocenters. The van der Waals surface area contributed by atoms with Crippen molar-refractivity contribution in [1.29, 1.82) is 0 Å². The van der Waals surface area contributed by atoms with Crippen molar-refractivity contribution in [2.24, 2.45) is 10.9 Å². The van der Waals surface area contributed by atoms with Gasteiger partial charge in [-0.1, -0.05) is 29.8 Å². The topological polar surface area (TPSA) is 48.9 Å². The fraction of sp³-hybridized carbons (Fsp3) is 0.632. The highest BCUT2D eigenvalue weighted by molar-refractivity contribution is 6.31. The lowest BCUT2D eigenvalue weighted by Crippen LogP contribution is -2.42. The Labute approximate surface area is 155 Å². The maximum absolute atomic E-state index is 6.49. The third-order valence-corrected chi connectivity index (χ3v) is 5.12. The molecule has 138 valence electrons. The largest absolute Gasteiger partial charge is 0.379 e. The molecular weight excluding hydrogens is 336 g/mol. The third kappa shape index (κ3) is 5.59. The van der Waals surface area contributed by atoms with E-state index in [4.69, 9.17) is 21.3 Å². The molecule has 0 aromatic heterocycles. The lowest BCUT2D eigenvalue weighted by molar-refractivity contribution is 0.0180. The lowest BCUT2D eigenvalue weighted by atomic mass is 10.0. The first-order valence-electron chi connectivity index (χ1n) is 9.36. The number of hydrogen-bond donors (Lipinski definition) is 2. The van der Waals surface area contributed by atoms with E-state index < -0.39 is 0 Å². The van der Waals surface area contributed by atoms with Crippen LogP contribution in [0.2, 0.25) is 5.02 Å². The summed E-state index contributed by atoms with van der Waals surface area (Å²) in [5, 5.41) is 7.63. The standard InChI is InChI=1S/C19H29ClN4O/c1-2-21-19(22-13-15-7-8-15)23-14-18(24-9-11-25-12-10-24)16-5-3-4-6-17(16)20/h3-6,15,18H,2,7-14H2,1H3,(H2,21,22,23). The maximum atomic E-state index is 6.49. The van der Waals surface area contributed by atoms with Gasteiger partial charge in [0.2, 0.25) is 0 Å². The van der Waals surface area contributed by atoms with Crippen molar-refractivity contribution in [1.82, 2.24) is 15.5 Å². The Hall–Kier alpha value is -1.30. The molecule has 0 radical (unpaired) electrons. The number of nitrogens with zero attached hydrogens (tertiary/aromatic N) is 2. The maximum Gasteiger partial charge on any atom is 0.191 e. The molecule has 0 amide bonds. The first-order valence-corrected chi connectivity index (χ1v) is 9.74. The highest BCUT2D eigenvalue weighted by atomic mass is 35.5. The number of nitrogens with one attached hydrogen (secondary N) is 2. The van der Waals surface area contributed by atoms with Gasteiger partial charge in [0, 0.05) is 31.2 Å². The van der Waals surface area contributed by atoms with E-state index in [-0.39, 0.29) is 6.04 Å². The Morgan fingerprint density at radius 3 is 2.72 bits per heavy atom. The van der Waals surface area contributed by atoms with E-state index >= 15 is 0 Å². The third-order valence-electron chi connectivity index (χ3n) is 4.77. The molecule has 1 saturated heterocycles.